The number of rotatable bonds is 4. The molecular weight excluding hydrogens is 352 g/mol. The van der Waals surface area contributed by atoms with Gasteiger partial charge in [0.05, 0.1) is 6.33 Å². The second-order valence-corrected chi connectivity index (χ2v) is 2.64. The molecule has 0 saturated carbocycles. The number of aromatic nitrogens is 2. The molecule has 0 spiro atoms. The number of nitrogens with one attached hydrogen (secondary N) is 1. The zero-order valence-corrected chi connectivity index (χ0v) is 11.0. The zero-order chi connectivity index (χ0) is 11.7. The van der Waals surface area contributed by atoms with Gasteiger partial charge in [0.2, 0.25) is 0 Å². The van der Waals surface area contributed by atoms with Crippen LogP contribution in [0.5, 0.6) is 0 Å². The third-order valence-corrected chi connectivity index (χ3v) is 1.39. The SMILES string of the molecule is NC(CCC(=O)O)C(=O)O.[Sm].c1c[nH]cn1. The molecule has 16 heavy (non-hydrogen) atoms. The predicted octanol–water partition coefficient (Wildman–Crippen LogP) is -0.327. The Labute approximate surface area is 125 Å². The van der Waals surface area contributed by atoms with Crippen molar-refractivity contribution < 1.29 is 60.2 Å². The van der Waals surface area contributed by atoms with Crippen molar-refractivity contribution in [2.75, 3.05) is 0 Å². The van der Waals surface area contributed by atoms with Gasteiger partial charge in [0.1, 0.15) is 6.04 Å². The fraction of sp³-hybridized carbons (Fsp3) is 0.375. The topological polar surface area (TPSA) is 129 Å². The number of carbonyl (C=O) groups is 2. The maximum Gasteiger partial charge on any atom is 0.320 e. The van der Waals surface area contributed by atoms with Crippen molar-refractivity contribution in [3.05, 3.63) is 18.7 Å². The molecule has 0 aromatic carbocycles. The quantitative estimate of drug-likeness (QED) is 0.578. The molecule has 5 N–H and O–H groups in total. The molecule has 0 bridgehead atoms. The summed E-state index contributed by atoms with van der Waals surface area (Å²) in [7, 11) is 0. The number of nitrogens with two attached hydrogens (primary N) is 1. The molecule has 1 aromatic rings. The molecule has 0 aliphatic rings. The van der Waals surface area contributed by atoms with Crippen LogP contribution in [0.2, 0.25) is 0 Å². The summed E-state index contributed by atoms with van der Waals surface area (Å²) in [6.07, 6.45) is 4.86. The number of hydrogen-bond acceptors (Lipinski definition) is 4. The van der Waals surface area contributed by atoms with Gasteiger partial charge >= 0.3 is 11.9 Å². The minimum absolute atomic E-state index is 0. The summed E-state index contributed by atoms with van der Waals surface area (Å²) in [5.74, 6) is -2.20. The van der Waals surface area contributed by atoms with E-state index in [1.165, 1.54) is 0 Å². The summed E-state index contributed by atoms with van der Waals surface area (Å²) in [5.41, 5.74) is 5.00. The number of nitrogens with zero attached hydrogens (tertiary/aromatic N) is 1. The summed E-state index contributed by atoms with van der Waals surface area (Å²) in [6.45, 7) is 0. The first-order chi connectivity index (χ1) is 7.04. The van der Waals surface area contributed by atoms with Gasteiger partial charge < -0.3 is 20.9 Å². The summed E-state index contributed by atoms with van der Waals surface area (Å²) in [4.78, 5) is 26.3. The van der Waals surface area contributed by atoms with Crippen LogP contribution < -0.4 is 5.73 Å². The van der Waals surface area contributed by atoms with E-state index in [1.54, 1.807) is 18.7 Å². The van der Waals surface area contributed by atoms with Crippen molar-refractivity contribution in [2.24, 2.45) is 5.73 Å². The Bertz CT molecular complexity index is 274. The van der Waals surface area contributed by atoms with Crippen molar-refractivity contribution >= 4 is 11.9 Å². The van der Waals surface area contributed by atoms with Gasteiger partial charge in [0.25, 0.3) is 0 Å². The largest absolute Gasteiger partial charge is 0.481 e. The number of carboxylic acids is 2. The van der Waals surface area contributed by atoms with E-state index in [1.807, 2.05) is 0 Å². The number of aromatic amines is 1. The Morgan fingerprint density at radius 1 is 1.44 bits per heavy atom. The standard InChI is InChI=1S/C5H9NO4.C3H4N2.Sm/c6-3(5(9)10)1-2-4(7)8;1-2-5-3-4-1;/h3H,1-2,6H2,(H,7,8)(H,9,10);1-3H,(H,4,5);. The molecule has 1 heterocycles. The average Bonchev–Trinajstić information content (AvgIpc) is 2.71. The fourth-order valence-electron chi connectivity index (χ4n) is 0.618. The minimum Gasteiger partial charge on any atom is -0.481 e. The molecule has 1 aromatic heterocycles. The van der Waals surface area contributed by atoms with Gasteiger partial charge in [-0.05, 0) is 6.42 Å². The normalized spacial score (nSPS) is 10.3. The van der Waals surface area contributed by atoms with Gasteiger partial charge in [-0.1, -0.05) is 0 Å². The molecule has 1 atom stereocenters. The molecule has 90 valence electrons. The van der Waals surface area contributed by atoms with Crippen LogP contribution in [0.15, 0.2) is 18.7 Å². The van der Waals surface area contributed by atoms with Crippen LogP contribution >= 0.6 is 0 Å². The Morgan fingerprint density at radius 3 is 2.31 bits per heavy atom. The van der Waals surface area contributed by atoms with Crippen molar-refractivity contribution in [3.63, 3.8) is 0 Å². The van der Waals surface area contributed by atoms with Gasteiger partial charge in [-0.3, -0.25) is 9.59 Å². The number of H-pyrrole nitrogens is 1. The van der Waals surface area contributed by atoms with E-state index in [-0.39, 0.29) is 53.2 Å². The van der Waals surface area contributed by atoms with Gasteiger partial charge in [0, 0.05) is 59.2 Å². The Morgan fingerprint density at radius 2 is 2.06 bits per heavy atom. The first-order valence-electron chi connectivity index (χ1n) is 4.17. The smallest absolute Gasteiger partial charge is 0.320 e. The molecule has 0 aliphatic heterocycles. The van der Waals surface area contributed by atoms with E-state index in [0.29, 0.717) is 0 Å². The zero-order valence-electron chi connectivity index (χ0n) is 8.37. The minimum atomic E-state index is -1.17. The van der Waals surface area contributed by atoms with Crippen molar-refractivity contribution in [3.8, 4) is 0 Å². The molecule has 1 rings (SSSR count). The van der Waals surface area contributed by atoms with Gasteiger partial charge in [-0.15, -0.1) is 0 Å². The molecule has 0 radical (unpaired) electrons. The van der Waals surface area contributed by atoms with Gasteiger partial charge in [-0.25, -0.2) is 4.98 Å². The average molecular weight is 366 g/mol. The molecule has 1 unspecified atom stereocenters. The van der Waals surface area contributed by atoms with Crippen LogP contribution in [-0.4, -0.2) is 38.2 Å². The Kier molecular flexibility index (Phi) is 12.2. The molecule has 8 heteroatoms. The first kappa shape index (κ1) is 17.8. The first-order valence-corrected chi connectivity index (χ1v) is 4.17. The van der Waals surface area contributed by atoms with E-state index < -0.39 is 18.0 Å². The van der Waals surface area contributed by atoms with Crippen LogP contribution in [0.25, 0.3) is 0 Å². The summed E-state index contributed by atoms with van der Waals surface area (Å²) in [5, 5.41) is 16.3. The molecule has 0 fully saturated rings. The van der Waals surface area contributed by atoms with Gasteiger partial charge in [0.15, 0.2) is 0 Å². The molecule has 0 aliphatic carbocycles. The van der Waals surface area contributed by atoms with E-state index in [4.69, 9.17) is 15.9 Å². The van der Waals surface area contributed by atoms with Crippen molar-refractivity contribution in [1.82, 2.24) is 9.97 Å². The predicted molar refractivity (Wildman–Crippen MR) is 51.1 cm³/mol. The second kappa shape index (κ2) is 10.9. The van der Waals surface area contributed by atoms with Crippen molar-refractivity contribution in [1.29, 1.82) is 0 Å². The van der Waals surface area contributed by atoms with Crippen molar-refractivity contribution in [2.45, 2.75) is 18.9 Å². The van der Waals surface area contributed by atoms with E-state index in [0.717, 1.165) is 0 Å². The fourth-order valence-corrected chi connectivity index (χ4v) is 0.618. The molecular formula is C8H13N3O4Sm. The van der Waals surface area contributed by atoms with Crippen LogP contribution in [0.4, 0.5) is 0 Å². The Hall–Kier alpha value is -0.552. The maximum atomic E-state index is 9.99. The van der Waals surface area contributed by atoms with Crippen LogP contribution in [-0.2, 0) is 9.59 Å². The molecule has 0 amide bonds. The van der Waals surface area contributed by atoms with Gasteiger partial charge in [-0.2, -0.15) is 0 Å². The number of aliphatic carboxylic acids is 2. The summed E-state index contributed by atoms with van der Waals surface area (Å²) in [6, 6.07) is -1.06. The number of hydrogen-bond donors (Lipinski definition) is 4. The number of carboxylic acid groups (broad SMARTS) is 2. The van der Waals surface area contributed by atoms with E-state index in [9.17, 15) is 9.59 Å². The summed E-state index contributed by atoms with van der Waals surface area (Å²) >= 11 is 0. The van der Waals surface area contributed by atoms with E-state index >= 15 is 0 Å². The van der Waals surface area contributed by atoms with E-state index in [2.05, 4.69) is 9.97 Å². The van der Waals surface area contributed by atoms with Crippen LogP contribution in [0.1, 0.15) is 12.8 Å². The van der Waals surface area contributed by atoms with Crippen LogP contribution in [0, 0.1) is 40.4 Å². The molecule has 7 nitrogen and oxygen atoms in total. The third-order valence-electron chi connectivity index (χ3n) is 1.39. The maximum absolute atomic E-state index is 9.99. The second-order valence-electron chi connectivity index (χ2n) is 2.64. The third kappa shape index (κ3) is 11.5. The van der Waals surface area contributed by atoms with Crippen LogP contribution in [0.3, 0.4) is 0 Å². The number of imidazole rings is 1. The molecule has 0 saturated heterocycles. The summed E-state index contributed by atoms with van der Waals surface area (Å²) < 4.78 is 0. The Balaban J connectivity index is 0. The monoisotopic (exact) mass is 367 g/mol.